The van der Waals surface area contributed by atoms with E-state index >= 15 is 0 Å². The lowest BCUT2D eigenvalue weighted by Gasteiger charge is -2.26. The molecule has 3 rings (SSSR count). The Labute approximate surface area is 131 Å². The van der Waals surface area contributed by atoms with Crippen LogP contribution in [0.4, 0.5) is 0 Å². The number of imidazole rings is 1. The average Bonchev–Trinajstić information content (AvgIpc) is 2.81. The summed E-state index contributed by atoms with van der Waals surface area (Å²) >= 11 is 0. The third-order valence-electron chi connectivity index (χ3n) is 4.69. The number of aromatic nitrogens is 2. The van der Waals surface area contributed by atoms with Crippen molar-refractivity contribution in [2.75, 3.05) is 14.2 Å². The van der Waals surface area contributed by atoms with Crippen LogP contribution in [0.5, 0.6) is 11.5 Å². The molecule has 0 amide bonds. The van der Waals surface area contributed by atoms with Crippen LogP contribution in [0.3, 0.4) is 0 Å². The molecule has 1 aliphatic carbocycles. The fraction of sp³-hybridized carbons (Fsp3) is 0.588. The fourth-order valence-electron chi connectivity index (χ4n) is 3.00. The molecule has 1 aromatic carbocycles. The number of ether oxygens (including phenoxy) is 2. The van der Waals surface area contributed by atoms with E-state index in [0.717, 1.165) is 35.5 Å². The number of rotatable bonds is 6. The Morgan fingerprint density at radius 2 is 1.95 bits per heavy atom. The van der Waals surface area contributed by atoms with Gasteiger partial charge in [0.25, 0.3) is 0 Å². The van der Waals surface area contributed by atoms with Crippen molar-refractivity contribution in [1.82, 2.24) is 9.55 Å². The summed E-state index contributed by atoms with van der Waals surface area (Å²) in [6.45, 7) is 2.92. The van der Waals surface area contributed by atoms with Crippen LogP contribution < -0.4 is 15.2 Å². The minimum Gasteiger partial charge on any atom is -0.493 e. The highest BCUT2D eigenvalue weighted by Gasteiger charge is 2.27. The molecule has 0 spiro atoms. The molecule has 1 fully saturated rings. The minimum absolute atomic E-state index is 0.143. The molecule has 1 aliphatic rings. The lowest BCUT2D eigenvalue weighted by molar-refractivity contribution is 0.355. The molecule has 120 valence electrons. The monoisotopic (exact) mass is 303 g/mol. The van der Waals surface area contributed by atoms with Gasteiger partial charge in [0.15, 0.2) is 11.5 Å². The van der Waals surface area contributed by atoms with Crippen LogP contribution in [0.2, 0.25) is 0 Å². The van der Waals surface area contributed by atoms with Gasteiger partial charge in [0.2, 0.25) is 0 Å². The van der Waals surface area contributed by atoms with Crippen LogP contribution >= 0.6 is 0 Å². The second kappa shape index (κ2) is 6.16. The van der Waals surface area contributed by atoms with Crippen molar-refractivity contribution >= 4 is 11.0 Å². The molecule has 0 bridgehead atoms. The number of hydrogen-bond acceptors (Lipinski definition) is 4. The molecule has 1 unspecified atom stereocenters. The van der Waals surface area contributed by atoms with Gasteiger partial charge in [-0.25, -0.2) is 4.98 Å². The lowest BCUT2D eigenvalue weighted by atomic mass is 9.85. The van der Waals surface area contributed by atoms with Gasteiger partial charge in [0.1, 0.15) is 5.82 Å². The van der Waals surface area contributed by atoms with E-state index in [1.165, 1.54) is 25.1 Å². The van der Waals surface area contributed by atoms with Gasteiger partial charge in [-0.3, -0.25) is 0 Å². The van der Waals surface area contributed by atoms with Gasteiger partial charge >= 0.3 is 0 Å². The van der Waals surface area contributed by atoms with E-state index in [2.05, 4.69) is 11.5 Å². The Kier molecular flexibility index (Phi) is 4.25. The highest BCUT2D eigenvalue weighted by molar-refractivity contribution is 5.81. The molecule has 0 saturated heterocycles. The first-order valence-corrected chi connectivity index (χ1v) is 8.05. The first-order valence-electron chi connectivity index (χ1n) is 8.05. The highest BCUT2D eigenvalue weighted by atomic mass is 16.5. The molecular formula is C17H25N3O2. The van der Waals surface area contributed by atoms with Crippen LogP contribution in [0.1, 0.15) is 44.3 Å². The molecule has 1 saturated carbocycles. The summed E-state index contributed by atoms with van der Waals surface area (Å²) in [5.41, 5.74) is 8.25. The zero-order chi connectivity index (χ0) is 15.7. The zero-order valence-electron chi connectivity index (χ0n) is 13.6. The summed E-state index contributed by atoms with van der Waals surface area (Å²) in [5, 5.41) is 0. The third-order valence-corrected chi connectivity index (χ3v) is 4.69. The van der Waals surface area contributed by atoms with Gasteiger partial charge in [-0.2, -0.15) is 0 Å². The summed E-state index contributed by atoms with van der Waals surface area (Å²) in [5.74, 6) is 3.19. The van der Waals surface area contributed by atoms with Crippen molar-refractivity contribution in [3.63, 3.8) is 0 Å². The predicted octanol–water partition coefficient (Wildman–Crippen LogP) is 3.06. The maximum Gasteiger partial charge on any atom is 0.163 e. The second-order valence-electron chi connectivity index (χ2n) is 6.07. The number of fused-ring (bicyclic) bond motifs is 1. The summed E-state index contributed by atoms with van der Waals surface area (Å²) in [6.07, 6.45) is 4.69. The zero-order valence-corrected chi connectivity index (χ0v) is 13.6. The van der Waals surface area contributed by atoms with Crippen molar-refractivity contribution < 1.29 is 9.47 Å². The SMILES string of the molecule is CCC(N)Cn1c(C2CCC2)nc2cc(OC)c(OC)cc21. The minimum atomic E-state index is 0.143. The maximum absolute atomic E-state index is 6.21. The predicted molar refractivity (Wildman–Crippen MR) is 87.7 cm³/mol. The van der Waals surface area contributed by atoms with Gasteiger partial charge in [0, 0.05) is 30.6 Å². The summed E-state index contributed by atoms with van der Waals surface area (Å²) < 4.78 is 13.1. The van der Waals surface area contributed by atoms with Crippen molar-refractivity contribution in [3.8, 4) is 11.5 Å². The summed E-state index contributed by atoms with van der Waals surface area (Å²) in [4.78, 5) is 4.88. The van der Waals surface area contributed by atoms with E-state index in [-0.39, 0.29) is 6.04 Å². The molecule has 1 heterocycles. The quantitative estimate of drug-likeness (QED) is 0.891. The number of methoxy groups -OCH3 is 2. The molecule has 0 radical (unpaired) electrons. The third kappa shape index (κ3) is 2.54. The Hall–Kier alpha value is -1.75. The van der Waals surface area contributed by atoms with Crippen LogP contribution in [-0.4, -0.2) is 29.8 Å². The van der Waals surface area contributed by atoms with Crippen molar-refractivity contribution in [3.05, 3.63) is 18.0 Å². The lowest BCUT2D eigenvalue weighted by Crippen LogP contribution is -2.27. The molecule has 0 aliphatic heterocycles. The molecule has 22 heavy (non-hydrogen) atoms. The van der Waals surface area contributed by atoms with Gasteiger partial charge in [-0.1, -0.05) is 13.3 Å². The molecule has 1 aromatic heterocycles. The van der Waals surface area contributed by atoms with Crippen LogP contribution in [0.25, 0.3) is 11.0 Å². The molecule has 5 nitrogen and oxygen atoms in total. The molecule has 1 atom stereocenters. The van der Waals surface area contributed by atoms with Crippen molar-refractivity contribution in [1.29, 1.82) is 0 Å². The number of nitrogens with two attached hydrogens (primary N) is 1. The smallest absolute Gasteiger partial charge is 0.163 e. The van der Waals surface area contributed by atoms with E-state index < -0.39 is 0 Å². The normalized spacial score (nSPS) is 16.5. The first-order chi connectivity index (χ1) is 10.7. The van der Waals surface area contributed by atoms with Gasteiger partial charge < -0.3 is 19.8 Å². The summed E-state index contributed by atoms with van der Waals surface area (Å²) in [7, 11) is 3.32. The Morgan fingerprint density at radius 3 is 2.50 bits per heavy atom. The summed E-state index contributed by atoms with van der Waals surface area (Å²) in [6, 6.07) is 4.13. The molecular weight excluding hydrogens is 278 g/mol. The first kappa shape index (κ1) is 15.2. The maximum atomic E-state index is 6.21. The van der Waals surface area contributed by atoms with Gasteiger partial charge in [-0.15, -0.1) is 0 Å². The van der Waals surface area contributed by atoms with E-state index in [1.54, 1.807) is 14.2 Å². The second-order valence-corrected chi connectivity index (χ2v) is 6.07. The van der Waals surface area contributed by atoms with Crippen molar-refractivity contribution in [2.45, 2.75) is 51.1 Å². The van der Waals surface area contributed by atoms with Crippen LogP contribution in [-0.2, 0) is 6.54 Å². The molecule has 5 heteroatoms. The standard InChI is InChI=1S/C17H25N3O2/c1-4-12(18)10-20-14-9-16(22-3)15(21-2)8-13(14)19-17(20)11-6-5-7-11/h8-9,11-12H,4-7,10,18H2,1-3H3. The van der Waals surface area contributed by atoms with Crippen LogP contribution in [0, 0.1) is 0 Å². The molecule has 2 N–H and O–H groups in total. The highest BCUT2D eigenvalue weighted by Crippen LogP contribution is 2.39. The van der Waals surface area contributed by atoms with E-state index in [4.69, 9.17) is 20.2 Å². The Bertz CT molecular complexity index is 661. The fourth-order valence-corrected chi connectivity index (χ4v) is 3.00. The Balaban J connectivity index is 2.13. The van der Waals surface area contributed by atoms with Crippen LogP contribution in [0.15, 0.2) is 12.1 Å². The van der Waals surface area contributed by atoms with Gasteiger partial charge in [0.05, 0.1) is 25.3 Å². The number of hydrogen-bond donors (Lipinski definition) is 1. The van der Waals surface area contributed by atoms with Crippen molar-refractivity contribution in [2.24, 2.45) is 5.73 Å². The molecule has 2 aromatic rings. The Morgan fingerprint density at radius 1 is 1.27 bits per heavy atom. The topological polar surface area (TPSA) is 62.3 Å². The largest absolute Gasteiger partial charge is 0.493 e. The van der Waals surface area contributed by atoms with E-state index in [0.29, 0.717) is 5.92 Å². The average molecular weight is 303 g/mol. The van der Waals surface area contributed by atoms with Gasteiger partial charge in [-0.05, 0) is 19.3 Å². The number of nitrogens with zero attached hydrogens (tertiary/aromatic N) is 2. The van der Waals surface area contributed by atoms with E-state index in [9.17, 15) is 0 Å². The van der Waals surface area contributed by atoms with E-state index in [1.807, 2.05) is 12.1 Å². The number of benzene rings is 1.